The molecular weight excluding hydrogens is 196 g/mol. The van der Waals surface area contributed by atoms with E-state index in [0.29, 0.717) is 0 Å². The SMILES string of the molecule is CC(N)C1(c2ccccc2C#N)CCCC1. The summed E-state index contributed by atoms with van der Waals surface area (Å²) in [5.41, 5.74) is 8.16. The van der Waals surface area contributed by atoms with Crippen LogP contribution in [-0.4, -0.2) is 6.04 Å². The smallest absolute Gasteiger partial charge is 0.0994 e. The molecule has 0 aromatic heterocycles. The molecule has 1 aromatic rings. The van der Waals surface area contributed by atoms with Gasteiger partial charge in [0.05, 0.1) is 11.6 Å². The van der Waals surface area contributed by atoms with E-state index in [2.05, 4.69) is 19.1 Å². The average Bonchev–Trinajstić information content (AvgIpc) is 2.79. The standard InChI is InChI=1S/C14H18N2/c1-11(16)14(8-4-5-9-14)13-7-3-2-6-12(13)10-15/h2-3,6-7,11H,4-5,8-9,16H2,1H3. The van der Waals surface area contributed by atoms with E-state index in [9.17, 15) is 5.26 Å². The Bertz CT molecular complexity index is 409. The lowest BCUT2D eigenvalue weighted by Crippen LogP contribution is -2.41. The molecular formula is C14H18N2. The molecule has 1 unspecified atom stereocenters. The second-order valence-corrected chi connectivity index (χ2v) is 4.81. The van der Waals surface area contributed by atoms with Crippen LogP contribution < -0.4 is 5.73 Å². The van der Waals surface area contributed by atoms with Gasteiger partial charge in [-0.05, 0) is 31.4 Å². The lowest BCUT2D eigenvalue weighted by atomic mass is 9.72. The van der Waals surface area contributed by atoms with Gasteiger partial charge in [0.2, 0.25) is 0 Å². The van der Waals surface area contributed by atoms with Gasteiger partial charge in [-0.15, -0.1) is 0 Å². The van der Waals surface area contributed by atoms with Gasteiger partial charge < -0.3 is 5.73 Å². The largest absolute Gasteiger partial charge is 0.327 e. The van der Waals surface area contributed by atoms with Gasteiger partial charge in [0.15, 0.2) is 0 Å². The summed E-state index contributed by atoms with van der Waals surface area (Å²) in [5.74, 6) is 0. The molecule has 2 nitrogen and oxygen atoms in total. The summed E-state index contributed by atoms with van der Waals surface area (Å²) in [7, 11) is 0. The van der Waals surface area contributed by atoms with Crippen molar-refractivity contribution in [1.29, 1.82) is 5.26 Å². The normalized spacial score (nSPS) is 20.3. The topological polar surface area (TPSA) is 49.8 Å². The van der Waals surface area contributed by atoms with E-state index < -0.39 is 0 Å². The molecule has 0 aliphatic heterocycles. The Kier molecular flexibility index (Phi) is 2.98. The van der Waals surface area contributed by atoms with Crippen LogP contribution in [0, 0.1) is 11.3 Å². The zero-order chi connectivity index (χ0) is 11.6. The van der Waals surface area contributed by atoms with Crippen molar-refractivity contribution < 1.29 is 0 Å². The minimum absolute atomic E-state index is 0.0341. The molecule has 1 aromatic carbocycles. The fourth-order valence-electron chi connectivity index (χ4n) is 2.99. The third-order valence-electron chi connectivity index (χ3n) is 3.95. The molecule has 1 aliphatic rings. The summed E-state index contributed by atoms with van der Waals surface area (Å²) >= 11 is 0. The van der Waals surface area contributed by atoms with Gasteiger partial charge in [-0.1, -0.05) is 31.0 Å². The average molecular weight is 214 g/mol. The second kappa shape index (κ2) is 4.27. The maximum Gasteiger partial charge on any atom is 0.0994 e. The zero-order valence-corrected chi connectivity index (χ0v) is 9.74. The van der Waals surface area contributed by atoms with Crippen LogP contribution in [0.15, 0.2) is 24.3 Å². The van der Waals surface area contributed by atoms with Crippen LogP contribution in [0.5, 0.6) is 0 Å². The summed E-state index contributed by atoms with van der Waals surface area (Å²) < 4.78 is 0. The first kappa shape index (κ1) is 11.2. The Labute approximate surface area is 97.1 Å². The molecule has 2 N–H and O–H groups in total. The molecule has 84 valence electrons. The molecule has 0 bridgehead atoms. The number of hydrogen-bond donors (Lipinski definition) is 1. The molecule has 0 amide bonds. The molecule has 0 saturated heterocycles. The van der Waals surface area contributed by atoms with Crippen molar-refractivity contribution in [3.63, 3.8) is 0 Å². The highest BCUT2D eigenvalue weighted by atomic mass is 14.7. The van der Waals surface area contributed by atoms with E-state index in [-0.39, 0.29) is 11.5 Å². The van der Waals surface area contributed by atoms with Gasteiger partial charge in [-0.25, -0.2) is 0 Å². The maximum atomic E-state index is 9.18. The highest BCUT2D eigenvalue weighted by molar-refractivity contribution is 5.44. The summed E-state index contributed by atoms with van der Waals surface area (Å²) in [6.45, 7) is 2.07. The van der Waals surface area contributed by atoms with Crippen LogP contribution in [0.25, 0.3) is 0 Å². The lowest BCUT2D eigenvalue weighted by molar-refractivity contribution is 0.368. The van der Waals surface area contributed by atoms with Crippen LogP contribution in [-0.2, 0) is 5.41 Å². The van der Waals surface area contributed by atoms with E-state index in [4.69, 9.17) is 5.73 Å². The van der Waals surface area contributed by atoms with Gasteiger partial charge in [-0.3, -0.25) is 0 Å². The number of nitrogens with zero attached hydrogens (tertiary/aromatic N) is 1. The Morgan fingerprint density at radius 3 is 2.50 bits per heavy atom. The van der Waals surface area contributed by atoms with Crippen molar-refractivity contribution in [3.05, 3.63) is 35.4 Å². The van der Waals surface area contributed by atoms with Crippen LogP contribution in [0.3, 0.4) is 0 Å². The predicted molar refractivity (Wildman–Crippen MR) is 65.0 cm³/mol. The minimum atomic E-state index is 0.0341. The summed E-state index contributed by atoms with van der Waals surface area (Å²) in [4.78, 5) is 0. The molecule has 2 rings (SSSR count). The van der Waals surface area contributed by atoms with Gasteiger partial charge in [0.25, 0.3) is 0 Å². The predicted octanol–water partition coefficient (Wildman–Crippen LogP) is 2.72. The molecule has 2 heteroatoms. The van der Waals surface area contributed by atoms with Crippen molar-refractivity contribution in [2.24, 2.45) is 5.73 Å². The fourth-order valence-corrected chi connectivity index (χ4v) is 2.99. The quantitative estimate of drug-likeness (QED) is 0.823. The summed E-state index contributed by atoms with van der Waals surface area (Å²) in [6.07, 6.45) is 4.68. The van der Waals surface area contributed by atoms with Gasteiger partial charge in [0.1, 0.15) is 0 Å². The fraction of sp³-hybridized carbons (Fsp3) is 0.500. The first-order chi connectivity index (χ1) is 7.70. The molecule has 1 saturated carbocycles. The summed E-state index contributed by atoms with van der Waals surface area (Å²) in [6, 6.07) is 10.3. The van der Waals surface area contributed by atoms with Crippen molar-refractivity contribution in [2.75, 3.05) is 0 Å². The highest BCUT2D eigenvalue weighted by Gasteiger charge is 2.40. The van der Waals surface area contributed by atoms with Crippen molar-refractivity contribution in [3.8, 4) is 6.07 Å². The Hall–Kier alpha value is -1.33. The zero-order valence-electron chi connectivity index (χ0n) is 9.74. The van der Waals surface area contributed by atoms with Crippen molar-refractivity contribution in [1.82, 2.24) is 0 Å². The third-order valence-corrected chi connectivity index (χ3v) is 3.95. The lowest BCUT2D eigenvalue weighted by Gasteiger charge is -2.34. The van der Waals surface area contributed by atoms with E-state index in [1.54, 1.807) is 0 Å². The van der Waals surface area contributed by atoms with Gasteiger partial charge in [-0.2, -0.15) is 5.26 Å². The van der Waals surface area contributed by atoms with Gasteiger partial charge in [0, 0.05) is 11.5 Å². The van der Waals surface area contributed by atoms with E-state index >= 15 is 0 Å². The van der Waals surface area contributed by atoms with E-state index in [1.165, 1.54) is 12.8 Å². The molecule has 0 spiro atoms. The monoisotopic (exact) mass is 214 g/mol. The maximum absolute atomic E-state index is 9.18. The number of benzene rings is 1. The first-order valence-electron chi connectivity index (χ1n) is 5.96. The van der Waals surface area contributed by atoms with Gasteiger partial charge >= 0.3 is 0 Å². The number of nitriles is 1. The van der Waals surface area contributed by atoms with Crippen LogP contribution in [0.2, 0.25) is 0 Å². The molecule has 0 radical (unpaired) electrons. The number of nitrogens with two attached hydrogens (primary N) is 1. The molecule has 1 atom stereocenters. The molecule has 0 heterocycles. The Balaban J connectivity index is 2.52. The minimum Gasteiger partial charge on any atom is -0.327 e. The second-order valence-electron chi connectivity index (χ2n) is 4.81. The third kappa shape index (κ3) is 1.62. The van der Waals surface area contributed by atoms with Crippen LogP contribution in [0.1, 0.15) is 43.7 Å². The van der Waals surface area contributed by atoms with E-state index in [1.807, 2.05) is 18.2 Å². The Morgan fingerprint density at radius 1 is 1.31 bits per heavy atom. The molecule has 1 aliphatic carbocycles. The van der Waals surface area contributed by atoms with Crippen molar-refractivity contribution in [2.45, 2.75) is 44.1 Å². The van der Waals surface area contributed by atoms with Crippen LogP contribution >= 0.6 is 0 Å². The van der Waals surface area contributed by atoms with E-state index in [0.717, 1.165) is 24.0 Å². The molecule has 16 heavy (non-hydrogen) atoms. The van der Waals surface area contributed by atoms with Crippen LogP contribution in [0.4, 0.5) is 0 Å². The van der Waals surface area contributed by atoms with Crippen molar-refractivity contribution >= 4 is 0 Å². The highest BCUT2D eigenvalue weighted by Crippen LogP contribution is 2.44. The first-order valence-corrected chi connectivity index (χ1v) is 5.96. The molecule has 1 fully saturated rings. The number of hydrogen-bond acceptors (Lipinski definition) is 2. The Morgan fingerprint density at radius 2 is 1.94 bits per heavy atom. The summed E-state index contributed by atoms with van der Waals surface area (Å²) in [5, 5.41) is 9.18. The number of rotatable bonds is 2.